The van der Waals surface area contributed by atoms with Crippen LogP contribution < -0.4 is 14.2 Å². The van der Waals surface area contributed by atoms with Crippen LogP contribution in [0.4, 0.5) is 0 Å². The fraction of sp³-hybridized carbons (Fsp3) is 0.600. The summed E-state index contributed by atoms with van der Waals surface area (Å²) in [5.74, 6) is 1.44. The average Bonchev–Trinajstić information content (AvgIpc) is 3.47. The first-order chi connectivity index (χ1) is 19.8. The van der Waals surface area contributed by atoms with E-state index in [1.165, 1.54) is 25.0 Å². The standard InChI is InChI=1S/C30H42O9S2/c1-36-28-10-18(11-29(37-2)30(28)35)9-23-24(32)14-22(38-17-31)8-7-19-13-27(39-21-5-3-4-6-21)25(33)12-20(19)15-40-41-16-26(23)34/h10-13,21-24,26,31-35H,3-9,14-17H2,1-2H3. The summed E-state index contributed by atoms with van der Waals surface area (Å²) in [5.41, 5.74) is 2.75. The molecule has 2 aromatic carbocycles. The van der Waals surface area contributed by atoms with Gasteiger partial charge in [-0.15, -0.1) is 0 Å². The zero-order valence-electron chi connectivity index (χ0n) is 23.7. The second kappa shape index (κ2) is 15.5. The van der Waals surface area contributed by atoms with E-state index >= 15 is 0 Å². The Balaban J connectivity index is 1.56. The minimum atomic E-state index is -0.931. The Morgan fingerprint density at radius 2 is 1.54 bits per heavy atom. The van der Waals surface area contributed by atoms with Crippen LogP contribution in [-0.2, 0) is 23.3 Å². The van der Waals surface area contributed by atoms with Gasteiger partial charge in [-0.1, -0.05) is 21.6 Å². The van der Waals surface area contributed by atoms with Crippen LogP contribution >= 0.6 is 21.6 Å². The molecule has 0 amide bonds. The van der Waals surface area contributed by atoms with Crippen molar-refractivity contribution in [1.82, 2.24) is 0 Å². The molecular formula is C30H42O9S2. The molecule has 1 fully saturated rings. The molecule has 1 aliphatic carbocycles. The number of phenolic OH excluding ortho intramolecular Hbond substituents is 2. The summed E-state index contributed by atoms with van der Waals surface area (Å²) in [6, 6.07) is 7.05. The van der Waals surface area contributed by atoms with Gasteiger partial charge in [-0.3, -0.25) is 0 Å². The number of ether oxygens (including phenoxy) is 4. The van der Waals surface area contributed by atoms with Gasteiger partial charge in [0, 0.05) is 17.4 Å². The number of methoxy groups -OCH3 is 2. The topological polar surface area (TPSA) is 138 Å². The van der Waals surface area contributed by atoms with Crippen molar-refractivity contribution in [2.45, 2.75) is 81.5 Å². The summed E-state index contributed by atoms with van der Waals surface area (Å²) in [4.78, 5) is 0. The van der Waals surface area contributed by atoms with Gasteiger partial charge in [0.25, 0.3) is 0 Å². The van der Waals surface area contributed by atoms with Crippen molar-refractivity contribution in [3.63, 3.8) is 0 Å². The molecule has 5 N–H and O–H groups in total. The Kier molecular flexibility index (Phi) is 12.0. The molecule has 4 unspecified atom stereocenters. The summed E-state index contributed by atoms with van der Waals surface area (Å²) in [7, 11) is 5.99. The molecule has 2 aliphatic rings. The van der Waals surface area contributed by atoms with Crippen molar-refractivity contribution in [3.8, 4) is 28.7 Å². The van der Waals surface area contributed by atoms with Crippen LogP contribution in [0.1, 0.15) is 55.2 Å². The third kappa shape index (κ3) is 8.52. The first-order valence-electron chi connectivity index (χ1n) is 14.1. The normalized spacial score (nSPS) is 24.5. The number of hydrogen-bond acceptors (Lipinski definition) is 11. The molecule has 9 nitrogen and oxygen atoms in total. The maximum atomic E-state index is 11.4. The number of aliphatic hydroxyl groups excluding tert-OH is 3. The lowest BCUT2D eigenvalue weighted by Gasteiger charge is -2.30. The molecule has 0 bridgehead atoms. The molecule has 0 aromatic heterocycles. The number of aromatic hydroxyl groups is 2. The predicted octanol–water partition coefficient (Wildman–Crippen LogP) is 4.57. The maximum Gasteiger partial charge on any atom is 0.200 e. The van der Waals surface area contributed by atoms with Crippen LogP contribution in [-0.4, -0.2) is 76.7 Å². The molecule has 4 atom stereocenters. The zero-order chi connectivity index (χ0) is 29.4. The highest BCUT2D eigenvalue weighted by molar-refractivity contribution is 8.76. The Bertz CT molecular complexity index is 1100. The van der Waals surface area contributed by atoms with Crippen LogP contribution in [0.3, 0.4) is 0 Å². The van der Waals surface area contributed by atoms with Crippen molar-refractivity contribution in [1.29, 1.82) is 0 Å². The lowest BCUT2D eigenvalue weighted by atomic mass is 9.86. The lowest BCUT2D eigenvalue weighted by Crippen LogP contribution is -2.37. The number of rotatable bonds is 8. The van der Waals surface area contributed by atoms with Crippen LogP contribution in [0, 0.1) is 5.92 Å². The minimum absolute atomic E-state index is 0.111. The Morgan fingerprint density at radius 3 is 2.20 bits per heavy atom. The highest BCUT2D eigenvalue weighted by Gasteiger charge is 2.31. The molecule has 2 aromatic rings. The first kappa shape index (κ1) is 31.9. The molecule has 228 valence electrons. The highest BCUT2D eigenvalue weighted by atomic mass is 33.1. The second-order valence-electron chi connectivity index (χ2n) is 10.7. The van der Waals surface area contributed by atoms with Gasteiger partial charge in [0.05, 0.1) is 38.6 Å². The summed E-state index contributed by atoms with van der Waals surface area (Å²) in [6.45, 7) is -0.485. The SMILES string of the molecule is COc1cc(CC2C(O)CSSCc3cc(O)c(OC4CCCC4)cc3CCC(OCO)CC2O)cc(OC)c1O. The van der Waals surface area contributed by atoms with E-state index in [-0.39, 0.29) is 35.5 Å². The number of aryl methyl sites for hydroxylation is 1. The molecule has 4 rings (SSSR count). The molecule has 41 heavy (non-hydrogen) atoms. The minimum Gasteiger partial charge on any atom is -0.504 e. The fourth-order valence-corrected chi connectivity index (χ4v) is 7.95. The summed E-state index contributed by atoms with van der Waals surface area (Å²) in [5, 5.41) is 53.3. The van der Waals surface area contributed by atoms with Crippen molar-refractivity contribution < 1.29 is 44.5 Å². The number of aliphatic hydroxyl groups is 3. The summed E-state index contributed by atoms with van der Waals surface area (Å²) >= 11 is 0. The molecule has 0 spiro atoms. The number of fused-ring (bicyclic) bond motifs is 1. The molecule has 1 heterocycles. The van der Waals surface area contributed by atoms with Gasteiger partial charge in [-0.2, -0.15) is 0 Å². The van der Waals surface area contributed by atoms with Crippen molar-refractivity contribution in [2.24, 2.45) is 5.92 Å². The average molecular weight is 611 g/mol. The van der Waals surface area contributed by atoms with E-state index in [4.69, 9.17) is 18.9 Å². The smallest absolute Gasteiger partial charge is 0.200 e. The van der Waals surface area contributed by atoms with E-state index in [1.54, 1.807) is 29.0 Å². The van der Waals surface area contributed by atoms with E-state index in [0.717, 1.165) is 42.4 Å². The molecule has 1 aliphatic heterocycles. The first-order valence-corrected chi connectivity index (χ1v) is 16.6. The van der Waals surface area contributed by atoms with Gasteiger partial charge in [0.2, 0.25) is 5.75 Å². The second-order valence-corrected chi connectivity index (χ2v) is 13.2. The monoisotopic (exact) mass is 610 g/mol. The van der Waals surface area contributed by atoms with E-state index in [1.807, 2.05) is 6.07 Å². The van der Waals surface area contributed by atoms with Crippen molar-refractivity contribution >= 4 is 21.6 Å². The van der Waals surface area contributed by atoms with E-state index < -0.39 is 31.0 Å². The van der Waals surface area contributed by atoms with Gasteiger partial charge >= 0.3 is 0 Å². The Labute approximate surface area is 249 Å². The predicted molar refractivity (Wildman–Crippen MR) is 160 cm³/mol. The van der Waals surface area contributed by atoms with Crippen molar-refractivity contribution in [3.05, 3.63) is 41.0 Å². The Hall–Kier alpha value is -2.02. The van der Waals surface area contributed by atoms with Gasteiger partial charge in [-0.05, 0) is 92.3 Å². The maximum absolute atomic E-state index is 11.4. The van der Waals surface area contributed by atoms with Gasteiger partial charge in [0.15, 0.2) is 23.0 Å². The van der Waals surface area contributed by atoms with E-state index in [0.29, 0.717) is 36.5 Å². The van der Waals surface area contributed by atoms with Crippen LogP contribution in [0.5, 0.6) is 28.7 Å². The Morgan fingerprint density at radius 1 is 0.829 bits per heavy atom. The van der Waals surface area contributed by atoms with E-state index in [2.05, 4.69) is 0 Å². The largest absolute Gasteiger partial charge is 0.504 e. The fourth-order valence-electron chi connectivity index (χ4n) is 5.65. The van der Waals surface area contributed by atoms with Gasteiger partial charge in [-0.25, -0.2) is 0 Å². The molecule has 0 saturated heterocycles. The molecule has 1 saturated carbocycles. The van der Waals surface area contributed by atoms with Crippen LogP contribution in [0.25, 0.3) is 0 Å². The van der Waals surface area contributed by atoms with E-state index in [9.17, 15) is 25.5 Å². The third-order valence-electron chi connectivity index (χ3n) is 7.96. The molecule has 0 radical (unpaired) electrons. The number of benzene rings is 2. The van der Waals surface area contributed by atoms with Crippen molar-refractivity contribution in [2.75, 3.05) is 26.8 Å². The van der Waals surface area contributed by atoms with Gasteiger partial charge in [0.1, 0.15) is 6.79 Å². The highest BCUT2D eigenvalue weighted by Crippen LogP contribution is 2.40. The molecular weight excluding hydrogens is 568 g/mol. The quantitative estimate of drug-likeness (QED) is 0.212. The lowest BCUT2D eigenvalue weighted by molar-refractivity contribution is -0.0808. The zero-order valence-corrected chi connectivity index (χ0v) is 25.3. The van der Waals surface area contributed by atoms with Crippen LogP contribution in [0.2, 0.25) is 0 Å². The summed E-state index contributed by atoms with van der Waals surface area (Å²) < 4.78 is 22.4. The number of phenols is 2. The summed E-state index contributed by atoms with van der Waals surface area (Å²) in [6.07, 6.45) is 3.77. The number of hydrogen-bond donors (Lipinski definition) is 5. The van der Waals surface area contributed by atoms with Gasteiger partial charge < -0.3 is 44.5 Å². The third-order valence-corrected chi connectivity index (χ3v) is 10.3. The molecule has 11 heteroatoms. The van der Waals surface area contributed by atoms with Crippen LogP contribution in [0.15, 0.2) is 24.3 Å².